The van der Waals surface area contributed by atoms with Crippen LogP contribution in [-0.4, -0.2) is 0 Å². The second-order valence-electron chi connectivity index (χ2n) is 24.7. The van der Waals surface area contributed by atoms with E-state index >= 15 is 8.78 Å². The molecular weight excluding hydrogens is 1210 g/mol. The lowest BCUT2D eigenvalue weighted by molar-refractivity contribution is 0.482. The van der Waals surface area contributed by atoms with Gasteiger partial charge in [0.1, 0.15) is 34.6 Å². The van der Waals surface area contributed by atoms with Crippen LogP contribution in [0.5, 0.6) is 23.0 Å². The van der Waals surface area contributed by atoms with Crippen molar-refractivity contribution in [3.05, 3.63) is 408 Å². The van der Waals surface area contributed by atoms with Gasteiger partial charge in [-0.25, -0.2) is 8.78 Å². The second kappa shape index (κ2) is 24.0. The van der Waals surface area contributed by atoms with Crippen LogP contribution in [0.4, 0.5) is 42.9 Å². The maximum Gasteiger partial charge on any atom is 0.127 e. The van der Waals surface area contributed by atoms with Crippen LogP contribution in [0.1, 0.15) is 55.6 Å². The van der Waals surface area contributed by atoms with E-state index in [1.807, 2.05) is 84.9 Å². The first-order valence-corrected chi connectivity index (χ1v) is 33.3. The Morgan fingerprint density at radius 2 is 0.598 bits per heavy atom. The third-order valence-corrected chi connectivity index (χ3v) is 20.5. The molecule has 0 radical (unpaired) electrons. The maximum absolute atomic E-state index is 15.1. The molecular formula is C90H60F2N2O2S. The van der Waals surface area contributed by atoms with Crippen molar-refractivity contribution >= 4 is 77.8 Å². The fourth-order valence-electron chi connectivity index (χ4n) is 15.0. The number of rotatable bonds is 16. The Hall–Kier alpha value is -12.2. The predicted octanol–water partition coefficient (Wildman–Crippen LogP) is 24.9. The highest BCUT2D eigenvalue weighted by Gasteiger charge is 2.48. The van der Waals surface area contributed by atoms with E-state index in [4.69, 9.17) is 9.47 Å². The highest BCUT2D eigenvalue weighted by molar-refractivity contribution is 7.25. The van der Waals surface area contributed by atoms with Gasteiger partial charge >= 0.3 is 0 Å². The summed E-state index contributed by atoms with van der Waals surface area (Å²) < 4.78 is 45.2. The molecule has 14 aromatic carbocycles. The topological polar surface area (TPSA) is 24.9 Å². The van der Waals surface area contributed by atoms with Gasteiger partial charge in [-0.1, -0.05) is 207 Å². The normalized spacial score (nSPS) is 14.9. The molecule has 2 aliphatic rings. The van der Waals surface area contributed by atoms with E-state index in [9.17, 15) is 0 Å². The third-order valence-electron chi connectivity index (χ3n) is 19.4. The van der Waals surface area contributed by atoms with Gasteiger partial charge in [0.25, 0.3) is 0 Å². The average molecular weight is 1270 g/mol. The fraction of sp³-hybridized carbons (Fsp3) is 0.0222. The van der Waals surface area contributed by atoms with Crippen molar-refractivity contribution in [3.63, 3.8) is 0 Å². The number of nitrogens with zero attached hydrogens (tertiary/aromatic N) is 2. The number of thiophene rings is 1. The molecule has 0 saturated carbocycles. The average Bonchev–Trinajstić information content (AvgIpc) is 1.56. The Bertz CT molecular complexity index is 5160. The van der Waals surface area contributed by atoms with Crippen molar-refractivity contribution in [2.24, 2.45) is 0 Å². The molecule has 0 spiro atoms. The zero-order chi connectivity index (χ0) is 65.2. The molecule has 462 valence electrons. The molecule has 0 aliphatic heterocycles. The molecule has 1 aromatic heterocycles. The van der Waals surface area contributed by atoms with E-state index < -0.39 is 10.8 Å². The lowest BCUT2D eigenvalue weighted by Gasteiger charge is -2.35. The Balaban J connectivity index is 0.778. The molecule has 0 saturated heterocycles. The summed E-state index contributed by atoms with van der Waals surface area (Å²) in [5, 5.41) is 2.22. The van der Waals surface area contributed by atoms with Gasteiger partial charge in [-0.15, -0.1) is 11.3 Å². The van der Waals surface area contributed by atoms with Gasteiger partial charge in [-0.3, -0.25) is 0 Å². The molecule has 7 heteroatoms. The molecule has 0 N–H and O–H groups in total. The van der Waals surface area contributed by atoms with Gasteiger partial charge in [0, 0.05) is 54.3 Å². The second-order valence-corrected chi connectivity index (χ2v) is 25.8. The van der Waals surface area contributed by atoms with E-state index in [1.165, 1.54) is 35.4 Å². The lowest BCUT2D eigenvalue weighted by Crippen LogP contribution is -2.28. The number of fused-ring (bicyclic) bond motifs is 9. The predicted molar refractivity (Wildman–Crippen MR) is 396 cm³/mol. The standard InChI is InChI=1S/C90H60F2N2O2S/c1-3-59-23-43-73(44-24-59)95-75-47-27-63(28-48-75)89(61-15-7-5-8-16-61)83-21-13-11-19-77(83)79-51-39-69(55-85(79)89)93(67-35-31-65(91)32-36-67)71-41-53-81-82-54-42-72(58-88(82)97-87(81)57-71)94(68-37-33-66(92)34-38-68)70-40-52-80-78-20-12-14-22-84(78)90(86(80)56-70,62-17-9-6-10-18-62)64-29-49-76(50-30-64)96-74-45-25-60(4-2)26-46-74/h3-58H,1-2H2. The molecule has 4 nitrogen and oxygen atoms in total. The van der Waals surface area contributed by atoms with Crippen LogP contribution < -0.4 is 19.3 Å². The maximum atomic E-state index is 15.1. The molecule has 97 heavy (non-hydrogen) atoms. The summed E-state index contributed by atoms with van der Waals surface area (Å²) in [5.41, 5.74) is 19.6. The summed E-state index contributed by atoms with van der Waals surface area (Å²) in [7, 11) is 0. The van der Waals surface area contributed by atoms with Gasteiger partial charge in [0.05, 0.1) is 10.8 Å². The van der Waals surface area contributed by atoms with Crippen molar-refractivity contribution in [3.8, 4) is 45.3 Å². The molecule has 0 amide bonds. The van der Waals surface area contributed by atoms with Crippen LogP contribution in [0, 0.1) is 11.6 Å². The van der Waals surface area contributed by atoms with Crippen molar-refractivity contribution in [2.45, 2.75) is 10.8 Å². The number of hydrogen-bond acceptors (Lipinski definition) is 5. The third kappa shape index (κ3) is 9.93. The van der Waals surface area contributed by atoms with Crippen molar-refractivity contribution < 1.29 is 18.3 Å². The highest BCUT2D eigenvalue weighted by Crippen LogP contribution is 2.60. The quantitative estimate of drug-likeness (QED) is 0.0963. The van der Waals surface area contributed by atoms with Gasteiger partial charge in [-0.05, 0) is 223 Å². The zero-order valence-electron chi connectivity index (χ0n) is 52.6. The first-order chi connectivity index (χ1) is 47.7. The Morgan fingerprint density at radius 1 is 0.289 bits per heavy atom. The summed E-state index contributed by atoms with van der Waals surface area (Å²) >= 11 is 1.73. The van der Waals surface area contributed by atoms with Crippen LogP contribution in [0.15, 0.2) is 341 Å². The van der Waals surface area contributed by atoms with E-state index in [0.717, 1.165) is 144 Å². The van der Waals surface area contributed by atoms with Gasteiger partial charge in [-0.2, -0.15) is 0 Å². The van der Waals surface area contributed by atoms with Crippen LogP contribution in [0.2, 0.25) is 0 Å². The molecule has 2 aliphatic carbocycles. The molecule has 0 fully saturated rings. The van der Waals surface area contributed by atoms with Gasteiger partial charge < -0.3 is 19.3 Å². The minimum atomic E-state index is -0.727. The van der Waals surface area contributed by atoms with Crippen LogP contribution in [-0.2, 0) is 10.8 Å². The smallest absolute Gasteiger partial charge is 0.127 e. The van der Waals surface area contributed by atoms with Crippen molar-refractivity contribution in [1.82, 2.24) is 0 Å². The summed E-state index contributed by atoms with van der Waals surface area (Å²) in [4.78, 5) is 4.48. The molecule has 17 rings (SSSR count). The molecule has 2 atom stereocenters. The van der Waals surface area contributed by atoms with Crippen LogP contribution in [0.25, 0.3) is 54.6 Å². The number of halogens is 2. The number of hydrogen-bond donors (Lipinski definition) is 0. The number of ether oxygens (including phenoxy) is 2. The Morgan fingerprint density at radius 3 is 0.979 bits per heavy atom. The van der Waals surface area contributed by atoms with Crippen LogP contribution >= 0.6 is 11.3 Å². The fourth-order valence-corrected chi connectivity index (χ4v) is 16.2. The molecule has 15 aromatic rings. The largest absolute Gasteiger partial charge is 0.457 e. The summed E-state index contributed by atoms with van der Waals surface area (Å²) in [5.74, 6) is 2.32. The Labute approximate surface area is 566 Å². The minimum Gasteiger partial charge on any atom is -0.457 e. The SMILES string of the molecule is C=Cc1ccc(Oc2ccc(C3(c4ccccc4)c4ccccc4-c4ccc(N(c5ccc(F)cc5)c5ccc6c(c5)sc5cc(N(c7ccc(F)cc7)c7ccc8c(c7)C(c7ccccc7)(c7ccc(Oc9ccc(C=C)cc9)cc7)c7ccccc7-8)ccc56)cc43)cc2)cc1. The minimum absolute atomic E-state index is 0.313. The summed E-state index contributed by atoms with van der Waals surface area (Å²) in [6.45, 7) is 7.82. The van der Waals surface area contributed by atoms with E-state index in [1.54, 1.807) is 11.3 Å². The van der Waals surface area contributed by atoms with Gasteiger partial charge in [0.2, 0.25) is 0 Å². The molecule has 1 heterocycles. The molecule has 0 bridgehead atoms. The summed E-state index contributed by atoms with van der Waals surface area (Å²) in [6, 6.07) is 112. The van der Waals surface area contributed by atoms with Crippen LogP contribution in [0.3, 0.4) is 0 Å². The number of anilines is 6. The van der Waals surface area contributed by atoms with E-state index in [2.05, 4.69) is 253 Å². The zero-order valence-corrected chi connectivity index (χ0v) is 53.4. The number of benzene rings is 14. The highest BCUT2D eigenvalue weighted by atomic mass is 32.1. The lowest BCUT2D eigenvalue weighted by atomic mass is 9.67. The Kier molecular flexibility index (Phi) is 14.5. The monoisotopic (exact) mass is 1270 g/mol. The first kappa shape index (κ1) is 58.6. The van der Waals surface area contributed by atoms with E-state index in [0.29, 0.717) is 0 Å². The van der Waals surface area contributed by atoms with E-state index in [-0.39, 0.29) is 11.6 Å². The molecule has 2 unspecified atom stereocenters. The van der Waals surface area contributed by atoms with Crippen molar-refractivity contribution in [2.75, 3.05) is 9.80 Å². The summed E-state index contributed by atoms with van der Waals surface area (Å²) in [6.07, 6.45) is 3.65. The van der Waals surface area contributed by atoms with Crippen molar-refractivity contribution in [1.29, 1.82) is 0 Å². The first-order valence-electron chi connectivity index (χ1n) is 32.4. The van der Waals surface area contributed by atoms with Gasteiger partial charge in [0.15, 0.2) is 0 Å².